The van der Waals surface area contributed by atoms with Gasteiger partial charge >= 0.3 is 0 Å². The number of rotatable bonds is 3. The highest BCUT2D eigenvalue weighted by Gasteiger charge is 2.24. The molecule has 1 heterocycles. The normalized spacial score (nSPS) is 14.6. The molecule has 0 aliphatic carbocycles. The first-order valence-electron chi connectivity index (χ1n) is 5.17. The van der Waals surface area contributed by atoms with E-state index in [1.165, 1.54) is 4.90 Å². The third-order valence-electron chi connectivity index (χ3n) is 2.53. The van der Waals surface area contributed by atoms with Gasteiger partial charge in [-0.3, -0.25) is 9.69 Å². The van der Waals surface area contributed by atoms with Gasteiger partial charge in [0.1, 0.15) is 5.75 Å². The van der Waals surface area contributed by atoms with Crippen molar-refractivity contribution in [2.75, 3.05) is 25.2 Å². The molecular formula is C11H15N3O2. The van der Waals surface area contributed by atoms with Crippen LogP contribution in [0.4, 0.5) is 5.69 Å². The molecule has 2 rings (SSSR count). The Morgan fingerprint density at radius 1 is 1.56 bits per heavy atom. The maximum absolute atomic E-state index is 11.6. The summed E-state index contributed by atoms with van der Waals surface area (Å²) in [4.78, 5) is 13.1. The molecule has 0 unspecified atom stereocenters. The van der Waals surface area contributed by atoms with Gasteiger partial charge in [0.2, 0.25) is 0 Å². The summed E-state index contributed by atoms with van der Waals surface area (Å²) >= 11 is 0. The number of benzene rings is 1. The van der Waals surface area contributed by atoms with Gasteiger partial charge in [0.05, 0.1) is 12.4 Å². The van der Waals surface area contributed by atoms with Crippen molar-refractivity contribution >= 4 is 11.6 Å². The van der Waals surface area contributed by atoms with E-state index in [2.05, 4.69) is 5.32 Å². The Morgan fingerprint density at radius 2 is 2.38 bits per heavy atom. The summed E-state index contributed by atoms with van der Waals surface area (Å²) < 4.78 is 5.33. The zero-order chi connectivity index (χ0) is 11.5. The van der Waals surface area contributed by atoms with Gasteiger partial charge in [-0.1, -0.05) is 6.07 Å². The van der Waals surface area contributed by atoms with Gasteiger partial charge in [-0.15, -0.1) is 0 Å². The van der Waals surface area contributed by atoms with E-state index < -0.39 is 0 Å². The van der Waals surface area contributed by atoms with E-state index >= 15 is 0 Å². The number of anilines is 1. The largest absolute Gasteiger partial charge is 0.482 e. The number of carbonyl (C=O) groups excluding carboxylic acids is 1. The molecule has 0 saturated heterocycles. The molecule has 1 amide bonds. The van der Waals surface area contributed by atoms with Gasteiger partial charge in [0.15, 0.2) is 6.61 Å². The lowest BCUT2D eigenvalue weighted by Crippen LogP contribution is -2.42. The van der Waals surface area contributed by atoms with Crippen LogP contribution in [0.5, 0.6) is 5.75 Å². The molecular weight excluding hydrogens is 206 g/mol. The minimum atomic E-state index is -0.100. The van der Waals surface area contributed by atoms with E-state index in [1.807, 2.05) is 25.2 Å². The van der Waals surface area contributed by atoms with Crippen molar-refractivity contribution in [2.24, 2.45) is 5.73 Å². The molecule has 0 spiro atoms. The van der Waals surface area contributed by atoms with Crippen LogP contribution >= 0.6 is 0 Å². The van der Waals surface area contributed by atoms with Gasteiger partial charge in [0, 0.05) is 6.54 Å². The molecule has 1 aromatic rings. The van der Waals surface area contributed by atoms with E-state index in [0.717, 1.165) is 17.8 Å². The summed E-state index contributed by atoms with van der Waals surface area (Å²) in [7, 11) is 1.88. The number of nitrogens with one attached hydrogen (secondary N) is 1. The minimum Gasteiger partial charge on any atom is -0.482 e. The van der Waals surface area contributed by atoms with Crippen LogP contribution in [0.25, 0.3) is 0 Å². The first kappa shape index (κ1) is 10.9. The van der Waals surface area contributed by atoms with Gasteiger partial charge < -0.3 is 15.8 Å². The lowest BCUT2D eigenvalue weighted by atomic mass is 10.1. The number of amides is 1. The lowest BCUT2D eigenvalue weighted by molar-refractivity contribution is -0.121. The summed E-state index contributed by atoms with van der Waals surface area (Å²) in [5.74, 6) is 0.613. The van der Waals surface area contributed by atoms with Crippen LogP contribution < -0.4 is 20.7 Å². The molecule has 0 fully saturated rings. The predicted molar refractivity (Wildman–Crippen MR) is 61.2 cm³/mol. The van der Waals surface area contributed by atoms with Crippen molar-refractivity contribution in [3.05, 3.63) is 23.8 Å². The van der Waals surface area contributed by atoms with Crippen molar-refractivity contribution < 1.29 is 9.53 Å². The van der Waals surface area contributed by atoms with E-state index in [9.17, 15) is 4.79 Å². The lowest BCUT2D eigenvalue weighted by Gasteiger charge is -2.28. The SMILES string of the molecule is CNCc1ccc2c(c1)N(CN)C(=O)CO2. The zero-order valence-electron chi connectivity index (χ0n) is 9.19. The molecule has 86 valence electrons. The van der Waals surface area contributed by atoms with E-state index in [0.29, 0.717) is 5.75 Å². The minimum absolute atomic E-state index is 0.0651. The van der Waals surface area contributed by atoms with Crippen LogP contribution in [-0.2, 0) is 11.3 Å². The Kier molecular flexibility index (Phi) is 3.07. The van der Waals surface area contributed by atoms with Crippen LogP contribution in [0.2, 0.25) is 0 Å². The summed E-state index contributed by atoms with van der Waals surface area (Å²) in [6, 6.07) is 5.77. The monoisotopic (exact) mass is 221 g/mol. The number of nitrogens with two attached hydrogens (primary N) is 1. The quantitative estimate of drug-likeness (QED) is 0.756. The number of fused-ring (bicyclic) bond motifs is 1. The average molecular weight is 221 g/mol. The van der Waals surface area contributed by atoms with Crippen molar-refractivity contribution in [1.29, 1.82) is 0 Å². The summed E-state index contributed by atoms with van der Waals surface area (Å²) in [5, 5.41) is 3.06. The highest BCUT2D eigenvalue weighted by Crippen LogP contribution is 2.32. The first-order valence-corrected chi connectivity index (χ1v) is 5.17. The predicted octanol–water partition coefficient (Wildman–Crippen LogP) is 0.0476. The molecule has 0 bridgehead atoms. The molecule has 1 aliphatic rings. The molecule has 0 atom stereocenters. The Morgan fingerprint density at radius 3 is 3.06 bits per heavy atom. The molecule has 0 aromatic heterocycles. The highest BCUT2D eigenvalue weighted by atomic mass is 16.5. The Hall–Kier alpha value is -1.59. The van der Waals surface area contributed by atoms with Crippen molar-refractivity contribution in [1.82, 2.24) is 5.32 Å². The molecule has 1 aliphatic heterocycles. The fraction of sp³-hybridized carbons (Fsp3) is 0.364. The Labute approximate surface area is 94.2 Å². The molecule has 1 aromatic carbocycles. The van der Waals surface area contributed by atoms with Crippen LogP contribution in [0.3, 0.4) is 0 Å². The topological polar surface area (TPSA) is 67.6 Å². The molecule has 5 heteroatoms. The third-order valence-corrected chi connectivity index (χ3v) is 2.53. The average Bonchev–Trinajstić information content (AvgIpc) is 2.29. The van der Waals surface area contributed by atoms with Crippen LogP contribution in [0, 0.1) is 0 Å². The van der Waals surface area contributed by atoms with Crippen LogP contribution in [0.1, 0.15) is 5.56 Å². The Balaban J connectivity index is 2.37. The first-order chi connectivity index (χ1) is 7.76. The standard InChI is InChI=1S/C11H15N3O2/c1-13-5-8-2-3-10-9(4-8)14(7-12)11(15)6-16-10/h2-4,13H,5-7,12H2,1H3. The third kappa shape index (κ3) is 1.87. The van der Waals surface area contributed by atoms with E-state index in [-0.39, 0.29) is 19.2 Å². The molecule has 3 N–H and O–H groups in total. The smallest absolute Gasteiger partial charge is 0.266 e. The summed E-state index contributed by atoms with van der Waals surface area (Å²) in [6.07, 6.45) is 0. The summed E-state index contributed by atoms with van der Waals surface area (Å²) in [6.45, 7) is 0.994. The number of nitrogens with zero attached hydrogens (tertiary/aromatic N) is 1. The van der Waals surface area contributed by atoms with Gasteiger partial charge in [-0.25, -0.2) is 0 Å². The van der Waals surface area contributed by atoms with Crippen molar-refractivity contribution in [3.8, 4) is 5.75 Å². The molecule has 0 saturated carbocycles. The maximum atomic E-state index is 11.6. The number of hydrogen-bond donors (Lipinski definition) is 2. The van der Waals surface area contributed by atoms with Gasteiger partial charge in [0.25, 0.3) is 5.91 Å². The van der Waals surface area contributed by atoms with Crippen LogP contribution in [0.15, 0.2) is 18.2 Å². The van der Waals surface area contributed by atoms with Gasteiger partial charge in [-0.05, 0) is 24.7 Å². The number of ether oxygens (including phenoxy) is 1. The second-order valence-corrected chi connectivity index (χ2v) is 3.63. The van der Waals surface area contributed by atoms with Crippen molar-refractivity contribution in [2.45, 2.75) is 6.54 Å². The van der Waals surface area contributed by atoms with Crippen LogP contribution in [-0.4, -0.2) is 26.2 Å². The number of hydrogen-bond acceptors (Lipinski definition) is 4. The highest BCUT2D eigenvalue weighted by molar-refractivity contribution is 5.97. The molecule has 0 radical (unpaired) electrons. The summed E-state index contributed by atoms with van der Waals surface area (Å²) in [5.41, 5.74) is 7.42. The van der Waals surface area contributed by atoms with E-state index in [1.54, 1.807) is 0 Å². The molecule has 5 nitrogen and oxygen atoms in total. The second kappa shape index (κ2) is 4.51. The number of carbonyl (C=O) groups is 1. The Bertz CT molecular complexity index is 406. The molecule has 16 heavy (non-hydrogen) atoms. The fourth-order valence-corrected chi connectivity index (χ4v) is 1.76. The fourth-order valence-electron chi connectivity index (χ4n) is 1.76. The van der Waals surface area contributed by atoms with Gasteiger partial charge in [-0.2, -0.15) is 0 Å². The zero-order valence-corrected chi connectivity index (χ0v) is 9.19. The van der Waals surface area contributed by atoms with E-state index in [4.69, 9.17) is 10.5 Å². The van der Waals surface area contributed by atoms with Crippen molar-refractivity contribution in [3.63, 3.8) is 0 Å². The maximum Gasteiger partial charge on any atom is 0.266 e. The second-order valence-electron chi connectivity index (χ2n) is 3.63.